The van der Waals surface area contributed by atoms with Gasteiger partial charge in [-0.1, -0.05) is 30.3 Å². The molecule has 1 unspecified atom stereocenters. The molecule has 1 aromatic carbocycles. The zero-order valence-electron chi connectivity index (χ0n) is 12.8. The van der Waals surface area contributed by atoms with Gasteiger partial charge in [0.1, 0.15) is 5.01 Å². The molecule has 1 aliphatic heterocycles. The number of hydrogen-bond donors (Lipinski definition) is 2. The molecule has 1 aromatic heterocycles. The monoisotopic (exact) mass is 373 g/mol. The number of nitrogens with one attached hydrogen (secondary N) is 2. The zero-order chi connectivity index (χ0) is 16.3. The van der Waals surface area contributed by atoms with Crippen LogP contribution >= 0.6 is 23.7 Å². The summed E-state index contributed by atoms with van der Waals surface area (Å²) in [7, 11) is 0. The molecule has 2 aromatic rings. The van der Waals surface area contributed by atoms with Gasteiger partial charge in [-0.3, -0.25) is 10.1 Å². The van der Waals surface area contributed by atoms with Crippen LogP contribution in [0.4, 0.5) is 8.78 Å². The first-order valence-corrected chi connectivity index (χ1v) is 8.30. The Morgan fingerprint density at radius 2 is 2.12 bits per heavy atom. The molecule has 2 heterocycles. The summed E-state index contributed by atoms with van der Waals surface area (Å²) in [5, 5.41) is 8.12. The molecule has 0 saturated carbocycles. The summed E-state index contributed by atoms with van der Waals surface area (Å²) in [5.41, 5.74) is 1.95. The molecule has 0 radical (unpaired) electrons. The van der Waals surface area contributed by atoms with Crippen LogP contribution in [0, 0.1) is 0 Å². The number of aromatic nitrogens is 1. The molecule has 130 valence electrons. The van der Waals surface area contributed by atoms with Crippen molar-refractivity contribution in [1.82, 2.24) is 15.6 Å². The molecule has 1 saturated heterocycles. The Hall–Kier alpha value is -1.57. The molecule has 1 amide bonds. The molecule has 2 N–H and O–H groups in total. The van der Waals surface area contributed by atoms with E-state index in [-0.39, 0.29) is 18.3 Å². The molecule has 0 aliphatic carbocycles. The Morgan fingerprint density at radius 3 is 2.79 bits per heavy atom. The van der Waals surface area contributed by atoms with Gasteiger partial charge in [0.25, 0.3) is 5.92 Å². The van der Waals surface area contributed by atoms with Crippen LogP contribution in [-0.4, -0.2) is 35.9 Å². The second kappa shape index (κ2) is 8.00. The maximum Gasteiger partial charge on any atom is 0.262 e. The van der Waals surface area contributed by atoms with E-state index in [1.54, 1.807) is 11.3 Å². The van der Waals surface area contributed by atoms with E-state index in [0.29, 0.717) is 13.0 Å². The summed E-state index contributed by atoms with van der Waals surface area (Å²) in [6.07, 6.45) is 0.145. The van der Waals surface area contributed by atoms with Gasteiger partial charge in [-0.15, -0.1) is 23.7 Å². The summed E-state index contributed by atoms with van der Waals surface area (Å²) >= 11 is 1.55. The largest absolute Gasteiger partial charge is 0.354 e. The maximum atomic E-state index is 13.1. The smallest absolute Gasteiger partial charge is 0.262 e. The number of carbonyl (C=O) groups excluding carboxylic acids is 1. The van der Waals surface area contributed by atoms with Crippen LogP contribution in [0.5, 0.6) is 0 Å². The second-order valence-electron chi connectivity index (χ2n) is 5.54. The summed E-state index contributed by atoms with van der Waals surface area (Å²) < 4.78 is 26.1. The standard InChI is InChI=1S/C16H17F2N3OS.ClH/c17-16(18)8-13(20-10-16)14(22)19-7-6-12-9-23-15(21-12)11-4-2-1-3-5-11;/h1-5,9,13,20H,6-8,10H2,(H,19,22);1H. The third kappa shape index (κ3) is 4.72. The van der Waals surface area contributed by atoms with E-state index in [1.165, 1.54) is 0 Å². The van der Waals surface area contributed by atoms with Crippen molar-refractivity contribution in [3.63, 3.8) is 0 Å². The van der Waals surface area contributed by atoms with Crippen molar-refractivity contribution in [2.24, 2.45) is 0 Å². The van der Waals surface area contributed by atoms with E-state index in [9.17, 15) is 13.6 Å². The Bertz CT molecular complexity index is 681. The van der Waals surface area contributed by atoms with Crippen LogP contribution in [0.2, 0.25) is 0 Å². The summed E-state index contributed by atoms with van der Waals surface area (Å²) in [6, 6.07) is 9.06. The number of hydrogen-bond acceptors (Lipinski definition) is 4. The third-order valence-electron chi connectivity index (χ3n) is 3.68. The minimum Gasteiger partial charge on any atom is -0.354 e. The van der Waals surface area contributed by atoms with Crippen molar-refractivity contribution in [3.05, 3.63) is 41.4 Å². The molecule has 1 atom stereocenters. The van der Waals surface area contributed by atoms with Gasteiger partial charge in [0.05, 0.1) is 18.3 Å². The van der Waals surface area contributed by atoms with E-state index in [4.69, 9.17) is 0 Å². The average molecular weight is 374 g/mol. The molecule has 1 fully saturated rings. The number of rotatable bonds is 5. The SMILES string of the molecule is Cl.O=C(NCCc1csc(-c2ccccc2)n1)C1CC(F)(F)CN1. The lowest BCUT2D eigenvalue weighted by atomic mass is 10.2. The molecule has 24 heavy (non-hydrogen) atoms. The van der Waals surface area contributed by atoms with Gasteiger partial charge in [0, 0.05) is 30.3 Å². The van der Waals surface area contributed by atoms with Crippen molar-refractivity contribution in [1.29, 1.82) is 0 Å². The highest BCUT2D eigenvalue weighted by Crippen LogP contribution is 2.25. The number of amides is 1. The van der Waals surface area contributed by atoms with Crippen molar-refractivity contribution in [2.45, 2.75) is 24.8 Å². The molecular weight excluding hydrogens is 356 g/mol. The number of benzene rings is 1. The van der Waals surface area contributed by atoms with E-state index in [0.717, 1.165) is 16.3 Å². The van der Waals surface area contributed by atoms with Crippen molar-refractivity contribution >= 4 is 29.7 Å². The first-order chi connectivity index (χ1) is 11.0. The predicted octanol–water partition coefficient (Wildman–Crippen LogP) is 2.89. The second-order valence-corrected chi connectivity index (χ2v) is 6.40. The highest BCUT2D eigenvalue weighted by molar-refractivity contribution is 7.13. The van der Waals surface area contributed by atoms with Crippen LogP contribution in [0.25, 0.3) is 10.6 Å². The van der Waals surface area contributed by atoms with Crippen LogP contribution in [0.1, 0.15) is 12.1 Å². The van der Waals surface area contributed by atoms with Gasteiger partial charge in [-0.05, 0) is 0 Å². The van der Waals surface area contributed by atoms with Crippen molar-refractivity contribution in [2.75, 3.05) is 13.1 Å². The Kier molecular flexibility index (Phi) is 6.26. The van der Waals surface area contributed by atoms with Crippen LogP contribution in [0.15, 0.2) is 35.7 Å². The fraction of sp³-hybridized carbons (Fsp3) is 0.375. The lowest BCUT2D eigenvalue weighted by Gasteiger charge is -2.10. The van der Waals surface area contributed by atoms with Gasteiger partial charge in [-0.2, -0.15) is 0 Å². The fourth-order valence-corrected chi connectivity index (χ4v) is 3.33. The molecule has 3 rings (SSSR count). The zero-order valence-corrected chi connectivity index (χ0v) is 14.4. The summed E-state index contributed by atoms with van der Waals surface area (Å²) in [4.78, 5) is 16.4. The lowest BCUT2D eigenvalue weighted by Crippen LogP contribution is -2.41. The molecule has 4 nitrogen and oxygen atoms in total. The first-order valence-electron chi connectivity index (χ1n) is 7.42. The summed E-state index contributed by atoms with van der Waals surface area (Å²) in [6.45, 7) is -0.0435. The number of nitrogens with zero attached hydrogens (tertiary/aromatic N) is 1. The number of thiazole rings is 1. The topological polar surface area (TPSA) is 54.0 Å². The molecular formula is C16H18ClF2N3OS. The third-order valence-corrected chi connectivity index (χ3v) is 4.62. The normalized spacial score (nSPS) is 18.8. The highest BCUT2D eigenvalue weighted by atomic mass is 35.5. The fourth-order valence-electron chi connectivity index (χ4n) is 2.47. The van der Waals surface area contributed by atoms with Gasteiger partial charge in [0.2, 0.25) is 5.91 Å². The van der Waals surface area contributed by atoms with E-state index in [2.05, 4.69) is 15.6 Å². The van der Waals surface area contributed by atoms with Gasteiger partial charge in [-0.25, -0.2) is 13.8 Å². The predicted molar refractivity (Wildman–Crippen MR) is 92.9 cm³/mol. The quantitative estimate of drug-likeness (QED) is 0.847. The maximum absolute atomic E-state index is 13.1. The van der Waals surface area contributed by atoms with Crippen molar-refractivity contribution in [3.8, 4) is 10.6 Å². The number of halogens is 3. The molecule has 1 aliphatic rings. The van der Waals surface area contributed by atoms with E-state index >= 15 is 0 Å². The van der Waals surface area contributed by atoms with Crippen LogP contribution in [-0.2, 0) is 11.2 Å². The minimum atomic E-state index is -2.79. The van der Waals surface area contributed by atoms with Crippen LogP contribution in [0.3, 0.4) is 0 Å². The van der Waals surface area contributed by atoms with Gasteiger partial charge >= 0.3 is 0 Å². The van der Waals surface area contributed by atoms with E-state index in [1.807, 2.05) is 35.7 Å². The highest BCUT2D eigenvalue weighted by Gasteiger charge is 2.42. The first kappa shape index (κ1) is 18.8. The minimum absolute atomic E-state index is 0. The Labute approximate surface area is 149 Å². The van der Waals surface area contributed by atoms with Gasteiger partial charge < -0.3 is 5.32 Å². The number of alkyl halides is 2. The summed E-state index contributed by atoms with van der Waals surface area (Å²) in [5.74, 6) is -3.16. The Balaban J connectivity index is 0.00000208. The Morgan fingerprint density at radius 1 is 1.38 bits per heavy atom. The van der Waals surface area contributed by atoms with Crippen LogP contribution < -0.4 is 10.6 Å². The molecule has 0 spiro atoms. The lowest BCUT2D eigenvalue weighted by molar-refractivity contribution is -0.123. The van der Waals surface area contributed by atoms with Gasteiger partial charge in [0.15, 0.2) is 0 Å². The van der Waals surface area contributed by atoms with E-state index < -0.39 is 24.9 Å². The number of carbonyl (C=O) groups is 1. The average Bonchev–Trinajstić information content (AvgIpc) is 3.14. The molecule has 0 bridgehead atoms. The van der Waals surface area contributed by atoms with Crippen molar-refractivity contribution < 1.29 is 13.6 Å². The molecule has 8 heteroatoms.